The maximum atomic E-state index is 4.36. The molecule has 1 unspecified atom stereocenters. The Morgan fingerprint density at radius 3 is 1.82 bits per heavy atom. The number of benzene rings is 1. The molecule has 0 fully saturated rings. The quantitative estimate of drug-likeness (QED) is 0.714. The highest BCUT2D eigenvalue weighted by Crippen LogP contribution is 2.40. The first-order valence-corrected chi connectivity index (χ1v) is 7.04. The Balaban J connectivity index is 3.03. The number of thiol groups is 1. The van der Waals surface area contributed by atoms with Crippen LogP contribution in [0.25, 0.3) is 0 Å². The van der Waals surface area contributed by atoms with E-state index in [2.05, 4.69) is 78.4 Å². The highest BCUT2D eigenvalue weighted by molar-refractivity contribution is 7.80. The van der Waals surface area contributed by atoms with E-state index >= 15 is 0 Å². The Bertz CT molecular complexity index is 354. The molecular weight excluding hydrogens is 224 g/mol. The third-order valence-electron chi connectivity index (χ3n) is 4.35. The summed E-state index contributed by atoms with van der Waals surface area (Å²) in [6.45, 7) is 13.8. The Morgan fingerprint density at radius 1 is 1.00 bits per heavy atom. The van der Waals surface area contributed by atoms with E-state index in [0.29, 0.717) is 5.92 Å². The van der Waals surface area contributed by atoms with Gasteiger partial charge in [-0.2, -0.15) is 12.6 Å². The van der Waals surface area contributed by atoms with Crippen LogP contribution in [0.5, 0.6) is 0 Å². The van der Waals surface area contributed by atoms with Gasteiger partial charge in [-0.3, -0.25) is 0 Å². The highest BCUT2D eigenvalue weighted by Gasteiger charge is 2.34. The number of hydrogen-bond acceptors (Lipinski definition) is 1. The van der Waals surface area contributed by atoms with Gasteiger partial charge in [-0.25, -0.2) is 0 Å². The summed E-state index contributed by atoms with van der Waals surface area (Å²) in [6.07, 6.45) is 0. The topological polar surface area (TPSA) is 0 Å². The minimum Gasteiger partial charge on any atom is -0.179 e. The summed E-state index contributed by atoms with van der Waals surface area (Å²) in [5.74, 6) is 1.44. The lowest BCUT2D eigenvalue weighted by molar-refractivity contribution is 0.225. The van der Waals surface area contributed by atoms with Gasteiger partial charge in [-0.05, 0) is 33.6 Å². The van der Waals surface area contributed by atoms with Crippen molar-refractivity contribution in [1.29, 1.82) is 0 Å². The van der Waals surface area contributed by atoms with Gasteiger partial charge in [0.15, 0.2) is 0 Å². The monoisotopic (exact) mass is 250 g/mol. The summed E-state index contributed by atoms with van der Waals surface area (Å²) in [7, 11) is 0. The molecule has 0 amide bonds. The maximum absolute atomic E-state index is 4.36. The number of rotatable bonds is 3. The third-order valence-corrected chi connectivity index (χ3v) is 4.90. The smallest absolute Gasteiger partial charge is 0.00315 e. The minimum atomic E-state index is 0.190. The summed E-state index contributed by atoms with van der Waals surface area (Å²) in [4.78, 5) is 0. The maximum Gasteiger partial charge on any atom is -0.00315 e. The molecule has 0 N–H and O–H groups in total. The SMILES string of the molecule is CC(CS)c1ccc(C(C)(C)C(C)(C)C)cc1. The van der Waals surface area contributed by atoms with Crippen molar-refractivity contribution in [3.8, 4) is 0 Å². The van der Waals surface area contributed by atoms with Crippen LogP contribution in [0, 0.1) is 5.41 Å². The standard InChI is InChI=1S/C16H26S/c1-12(11-17)13-7-9-14(10-8-13)16(5,6)15(2,3)4/h7-10,12,17H,11H2,1-6H3. The fraction of sp³-hybridized carbons (Fsp3) is 0.625. The molecule has 0 radical (unpaired) electrons. The average molecular weight is 250 g/mol. The van der Waals surface area contributed by atoms with Crippen molar-refractivity contribution in [3.05, 3.63) is 35.4 Å². The van der Waals surface area contributed by atoms with Crippen molar-refractivity contribution in [2.24, 2.45) is 5.41 Å². The predicted molar refractivity (Wildman–Crippen MR) is 81.2 cm³/mol. The summed E-state index contributed by atoms with van der Waals surface area (Å²) in [5.41, 5.74) is 3.26. The fourth-order valence-corrected chi connectivity index (χ4v) is 1.98. The van der Waals surface area contributed by atoms with Crippen molar-refractivity contribution in [1.82, 2.24) is 0 Å². The Morgan fingerprint density at radius 2 is 1.47 bits per heavy atom. The first-order valence-electron chi connectivity index (χ1n) is 6.41. The fourth-order valence-electron chi connectivity index (χ4n) is 1.77. The molecule has 0 aliphatic rings. The van der Waals surface area contributed by atoms with E-state index in [1.165, 1.54) is 11.1 Å². The zero-order valence-corrected chi connectivity index (χ0v) is 12.9. The molecule has 0 bridgehead atoms. The molecule has 0 nitrogen and oxygen atoms in total. The molecule has 0 aromatic heterocycles. The molecule has 0 saturated carbocycles. The lowest BCUT2D eigenvalue weighted by Gasteiger charge is -2.39. The summed E-state index contributed by atoms with van der Waals surface area (Å²) >= 11 is 4.36. The van der Waals surface area contributed by atoms with Crippen molar-refractivity contribution in [2.45, 2.75) is 52.9 Å². The van der Waals surface area contributed by atoms with Gasteiger partial charge in [0.05, 0.1) is 0 Å². The molecule has 1 rings (SSSR count). The molecule has 1 aromatic rings. The highest BCUT2D eigenvalue weighted by atomic mass is 32.1. The van der Waals surface area contributed by atoms with Crippen LogP contribution in [0.1, 0.15) is 58.6 Å². The molecular formula is C16H26S. The van der Waals surface area contributed by atoms with E-state index in [4.69, 9.17) is 0 Å². The summed E-state index contributed by atoms with van der Waals surface area (Å²) < 4.78 is 0. The lowest BCUT2D eigenvalue weighted by atomic mass is 9.65. The van der Waals surface area contributed by atoms with Gasteiger partial charge in [0.2, 0.25) is 0 Å². The first-order chi connectivity index (χ1) is 7.70. The van der Waals surface area contributed by atoms with E-state index in [9.17, 15) is 0 Å². The zero-order chi connectivity index (χ0) is 13.3. The van der Waals surface area contributed by atoms with Gasteiger partial charge in [-0.15, -0.1) is 0 Å². The van der Waals surface area contributed by atoms with Crippen LogP contribution in [0.3, 0.4) is 0 Å². The van der Waals surface area contributed by atoms with Crippen molar-refractivity contribution in [2.75, 3.05) is 5.75 Å². The van der Waals surface area contributed by atoms with Crippen molar-refractivity contribution < 1.29 is 0 Å². The van der Waals surface area contributed by atoms with Crippen molar-refractivity contribution in [3.63, 3.8) is 0 Å². The second kappa shape index (κ2) is 5.06. The second-order valence-electron chi connectivity index (χ2n) is 6.58. The Hall–Kier alpha value is -0.430. The van der Waals surface area contributed by atoms with Crippen LogP contribution in [0.4, 0.5) is 0 Å². The predicted octanol–water partition coefficient (Wildman–Crippen LogP) is 5.04. The van der Waals surface area contributed by atoms with Gasteiger partial charge in [0.1, 0.15) is 0 Å². The van der Waals surface area contributed by atoms with Gasteiger partial charge in [-0.1, -0.05) is 65.8 Å². The van der Waals surface area contributed by atoms with E-state index in [1.54, 1.807) is 0 Å². The average Bonchev–Trinajstić information content (AvgIpc) is 2.26. The summed E-state index contributed by atoms with van der Waals surface area (Å²) in [6, 6.07) is 9.06. The van der Waals surface area contributed by atoms with E-state index in [-0.39, 0.29) is 10.8 Å². The molecule has 1 aromatic carbocycles. The van der Waals surface area contributed by atoms with E-state index in [1.807, 2.05) is 0 Å². The molecule has 1 atom stereocenters. The molecule has 0 saturated heterocycles. The minimum absolute atomic E-state index is 0.190. The molecule has 0 aliphatic carbocycles. The van der Waals surface area contributed by atoms with Crippen LogP contribution < -0.4 is 0 Å². The molecule has 96 valence electrons. The van der Waals surface area contributed by atoms with Gasteiger partial charge in [0, 0.05) is 0 Å². The van der Waals surface area contributed by atoms with Crippen molar-refractivity contribution >= 4 is 12.6 Å². The van der Waals surface area contributed by atoms with Crippen LogP contribution in [0.15, 0.2) is 24.3 Å². The molecule has 0 spiro atoms. The molecule has 0 heterocycles. The zero-order valence-electron chi connectivity index (χ0n) is 12.0. The lowest BCUT2D eigenvalue weighted by Crippen LogP contribution is -2.33. The van der Waals surface area contributed by atoms with Gasteiger partial charge >= 0.3 is 0 Å². The molecule has 17 heavy (non-hydrogen) atoms. The first kappa shape index (κ1) is 14.6. The molecule has 0 aliphatic heterocycles. The van der Waals surface area contributed by atoms with Gasteiger partial charge < -0.3 is 0 Å². The number of hydrogen-bond donors (Lipinski definition) is 1. The normalized spacial score (nSPS) is 14.8. The van der Waals surface area contributed by atoms with Crippen LogP contribution in [-0.4, -0.2) is 5.75 Å². The Labute approximate surface area is 112 Å². The summed E-state index contributed by atoms with van der Waals surface area (Å²) in [5, 5.41) is 0. The van der Waals surface area contributed by atoms with Crippen LogP contribution >= 0.6 is 12.6 Å². The van der Waals surface area contributed by atoms with E-state index < -0.39 is 0 Å². The van der Waals surface area contributed by atoms with E-state index in [0.717, 1.165) is 5.75 Å². The molecule has 1 heteroatoms. The van der Waals surface area contributed by atoms with Crippen LogP contribution in [0.2, 0.25) is 0 Å². The largest absolute Gasteiger partial charge is 0.179 e. The van der Waals surface area contributed by atoms with Crippen LogP contribution in [-0.2, 0) is 5.41 Å². The Kier molecular flexibility index (Phi) is 4.35. The second-order valence-corrected chi connectivity index (χ2v) is 6.95. The third kappa shape index (κ3) is 3.07. The van der Waals surface area contributed by atoms with Gasteiger partial charge in [0.25, 0.3) is 0 Å².